The van der Waals surface area contributed by atoms with Crippen LogP contribution in [0, 0.1) is 12.3 Å². The fourth-order valence-corrected chi connectivity index (χ4v) is 6.57. The first-order valence-electron chi connectivity index (χ1n) is 19.1. The van der Waals surface area contributed by atoms with Crippen LogP contribution in [0.1, 0.15) is 51.4 Å². The summed E-state index contributed by atoms with van der Waals surface area (Å²) in [6, 6.07) is 5.68. The number of nitrogens with one attached hydrogen (secondary N) is 2. The summed E-state index contributed by atoms with van der Waals surface area (Å²) in [6.45, 7) is 12.6. The van der Waals surface area contributed by atoms with Crippen molar-refractivity contribution in [1.29, 1.82) is 0 Å². The third-order valence-corrected chi connectivity index (χ3v) is 9.73. The molecule has 4 unspecified atom stereocenters. The lowest BCUT2D eigenvalue weighted by Crippen LogP contribution is -2.58. The first-order chi connectivity index (χ1) is 27.3. The fourth-order valence-electron chi connectivity index (χ4n) is 5.76. The molecule has 1 aromatic heterocycles. The highest BCUT2D eigenvalue weighted by atomic mass is 32.1. The minimum Gasteiger partial charge on any atom is -0.480 e. The lowest BCUT2D eigenvalue weighted by molar-refractivity contribution is -0.144. The number of hydrogen-bond donors (Lipinski definition) is 4. The summed E-state index contributed by atoms with van der Waals surface area (Å²) in [4.78, 5) is 57.4. The Bertz CT molecular complexity index is 1500. The Morgan fingerprint density at radius 2 is 1.30 bits per heavy atom. The van der Waals surface area contributed by atoms with Crippen LogP contribution in [0.25, 0.3) is 10.4 Å². The number of carbonyl (C=O) groups is 4. The van der Waals surface area contributed by atoms with E-state index in [1.54, 1.807) is 11.3 Å². The maximum absolute atomic E-state index is 13.9. The summed E-state index contributed by atoms with van der Waals surface area (Å²) >= 11 is 1.57. The molecule has 0 saturated carbocycles. The molecule has 1 fully saturated rings. The van der Waals surface area contributed by atoms with Crippen LogP contribution in [0.15, 0.2) is 29.8 Å². The van der Waals surface area contributed by atoms with Crippen LogP contribution in [-0.4, -0.2) is 161 Å². The van der Waals surface area contributed by atoms with Gasteiger partial charge in [0.2, 0.25) is 17.7 Å². The maximum atomic E-state index is 13.9. The standard InChI is InChI=1S/C39H60N4O13S/c1-27(29-6-8-30(9-7-29)35-28(2)40-26-57-35)41-37(48)32-22-31(44)23-43(32)38(49)36(39(3,4)5)42-33(45)24-55-20-18-53-16-14-51-12-10-50-11-13-52-15-17-54-19-21-56-25-34(46)47/h6-9,26-27,31-32,36,44H,10-25H2,1-5H3,(H,41,48)(H,42,45)(H,46,47). The number of aliphatic hydroxyl groups is 1. The van der Waals surface area contributed by atoms with Gasteiger partial charge < -0.3 is 58.9 Å². The second-order valence-corrected chi connectivity index (χ2v) is 15.3. The molecular formula is C39H60N4O13S. The SMILES string of the molecule is Cc1ncsc1-c1ccc(C(C)NC(=O)C2CC(O)CN2C(=O)C(NC(=O)COCCOCCOCCOCCOCCOCCOCC(=O)O)C(C)(C)C)cc1. The molecule has 2 aromatic rings. The molecule has 57 heavy (non-hydrogen) atoms. The van der Waals surface area contributed by atoms with E-state index in [1.165, 1.54) is 4.90 Å². The number of hydrogen-bond acceptors (Lipinski definition) is 14. The molecule has 18 heteroatoms. The number of carboxylic acids is 1. The summed E-state index contributed by atoms with van der Waals surface area (Å²) in [7, 11) is 0. The van der Waals surface area contributed by atoms with Crippen LogP contribution in [-0.2, 0) is 52.3 Å². The van der Waals surface area contributed by atoms with Gasteiger partial charge in [-0.1, -0.05) is 45.0 Å². The number of thiazole rings is 1. The summed E-state index contributed by atoms with van der Waals surface area (Å²) in [5.74, 6) is -2.34. The smallest absolute Gasteiger partial charge is 0.329 e. The van der Waals surface area contributed by atoms with Crippen molar-refractivity contribution in [3.63, 3.8) is 0 Å². The van der Waals surface area contributed by atoms with Gasteiger partial charge in [0.15, 0.2) is 0 Å². The molecule has 1 aromatic carbocycles. The predicted molar refractivity (Wildman–Crippen MR) is 210 cm³/mol. The largest absolute Gasteiger partial charge is 0.480 e. The van der Waals surface area contributed by atoms with Crippen molar-refractivity contribution in [2.75, 3.05) is 99.0 Å². The van der Waals surface area contributed by atoms with Crippen LogP contribution in [0.3, 0.4) is 0 Å². The number of amides is 3. The number of rotatable bonds is 28. The summed E-state index contributed by atoms with van der Waals surface area (Å²) in [5, 5.41) is 24.8. The van der Waals surface area contributed by atoms with Gasteiger partial charge in [0.05, 0.1) is 108 Å². The van der Waals surface area contributed by atoms with Crippen molar-refractivity contribution in [3.05, 3.63) is 41.0 Å². The van der Waals surface area contributed by atoms with E-state index in [2.05, 4.69) is 15.6 Å². The lowest BCUT2D eigenvalue weighted by atomic mass is 9.85. The van der Waals surface area contributed by atoms with Gasteiger partial charge >= 0.3 is 5.97 Å². The minimum atomic E-state index is -1.02. The molecular weight excluding hydrogens is 765 g/mol. The van der Waals surface area contributed by atoms with Gasteiger partial charge in [-0.15, -0.1) is 11.3 Å². The van der Waals surface area contributed by atoms with Gasteiger partial charge in [0.1, 0.15) is 25.3 Å². The molecule has 1 aliphatic rings. The number of ether oxygens (including phenoxy) is 7. The van der Waals surface area contributed by atoms with Crippen molar-refractivity contribution in [2.45, 2.75) is 65.3 Å². The Kier molecular flexibility index (Phi) is 21.5. The van der Waals surface area contributed by atoms with Crippen molar-refractivity contribution in [3.8, 4) is 10.4 Å². The predicted octanol–water partition coefficient (Wildman–Crippen LogP) is 1.99. The average Bonchev–Trinajstić information content (AvgIpc) is 3.78. The van der Waals surface area contributed by atoms with Crippen LogP contribution < -0.4 is 10.6 Å². The zero-order valence-electron chi connectivity index (χ0n) is 33.7. The Morgan fingerprint density at radius 1 is 0.807 bits per heavy atom. The zero-order chi connectivity index (χ0) is 41.6. The molecule has 4 N–H and O–H groups in total. The van der Waals surface area contributed by atoms with Gasteiger partial charge in [0.25, 0.3) is 0 Å². The van der Waals surface area contributed by atoms with E-state index in [9.17, 15) is 24.3 Å². The van der Waals surface area contributed by atoms with E-state index in [0.29, 0.717) is 59.5 Å². The maximum Gasteiger partial charge on any atom is 0.329 e. The summed E-state index contributed by atoms with van der Waals surface area (Å²) in [5.41, 5.74) is 4.01. The Hall–Kier alpha value is -3.59. The van der Waals surface area contributed by atoms with Crippen LogP contribution in [0.5, 0.6) is 0 Å². The molecule has 320 valence electrons. The number of nitrogens with zero attached hydrogens (tertiary/aromatic N) is 2. The van der Waals surface area contributed by atoms with E-state index in [0.717, 1.165) is 21.7 Å². The molecule has 3 amide bonds. The molecule has 0 bridgehead atoms. The van der Waals surface area contributed by atoms with Crippen molar-refractivity contribution >= 4 is 35.0 Å². The van der Waals surface area contributed by atoms with Crippen molar-refractivity contribution in [2.24, 2.45) is 5.41 Å². The monoisotopic (exact) mass is 824 g/mol. The molecule has 0 aliphatic carbocycles. The molecule has 4 atom stereocenters. The first-order valence-corrected chi connectivity index (χ1v) is 20.0. The zero-order valence-corrected chi connectivity index (χ0v) is 34.5. The molecule has 0 spiro atoms. The summed E-state index contributed by atoms with van der Waals surface area (Å²) in [6.07, 6.45) is -0.789. The van der Waals surface area contributed by atoms with E-state index < -0.39 is 41.4 Å². The highest BCUT2D eigenvalue weighted by Gasteiger charge is 2.44. The molecule has 2 heterocycles. The number of β-amino-alcohol motifs (C(OH)–C–C–N with tert-alkyl or cyclic N) is 1. The van der Waals surface area contributed by atoms with Gasteiger partial charge in [-0.2, -0.15) is 0 Å². The summed E-state index contributed by atoms with van der Waals surface area (Å²) < 4.78 is 37.4. The highest BCUT2D eigenvalue weighted by molar-refractivity contribution is 7.13. The number of benzene rings is 1. The number of aliphatic carboxylic acids is 1. The number of carboxylic acid groups (broad SMARTS) is 1. The number of aryl methyl sites for hydroxylation is 1. The fraction of sp³-hybridized carbons (Fsp3) is 0.667. The van der Waals surface area contributed by atoms with E-state index in [4.69, 9.17) is 38.3 Å². The van der Waals surface area contributed by atoms with E-state index >= 15 is 0 Å². The van der Waals surface area contributed by atoms with E-state index in [1.807, 2.05) is 64.4 Å². The van der Waals surface area contributed by atoms with Gasteiger partial charge in [-0.3, -0.25) is 14.4 Å². The highest BCUT2D eigenvalue weighted by Crippen LogP contribution is 2.29. The Labute approximate surface area is 338 Å². The lowest BCUT2D eigenvalue weighted by Gasteiger charge is -2.35. The number of aromatic nitrogens is 1. The molecule has 3 rings (SSSR count). The van der Waals surface area contributed by atoms with Gasteiger partial charge in [-0.25, -0.2) is 9.78 Å². The third kappa shape index (κ3) is 17.8. The number of carbonyl (C=O) groups excluding carboxylic acids is 3. The van der Waals surface area contributed by atoms with Crippen LogP contribution in [0.2, 0.25) is 0 Å². The van der Waals surface area contributed by atoms with Crippen LogP contribution in [0.4, 0.5) is 0 Å². The average molecular weight is 825 g/mol. The molecule has 17 nitrogen and oxygen atoms in total. The number of likely N-dealkylation sites (tertiary alicyclic amines) is 1. The molecule has 0 radical (unpaired) electrons. The Balaban J connectivity index is 1.28. The van der Waals surface area contributed by atoms with Crippen molar-refractivity contribution < 1.29 is 62.5 Å². The Morgan fingerprint density at radius 3 is 1.75 bits per heavy atom. The van der Waals surface area contributed by atoms with E-state index in [-0.39, 0.29) is 57.9 Å². The van der Waals surface area contributed by atoms with Gasteiger partial charge in [0, 0.05) is 13.0 Å². The quantitative estimate of drug-likeness (QED) is 0.0905. The van der Waals surface area contributed by atoms with Crippen molar-refractivity contribution in [1.82, 2.24) is 20.5 Å². The second kappa shape index (κ2) is 25.7. The first kappa shape index (κ1) is 47.8. The topological polar surface area (TPSA) is 214 Å². The molecule has 1 aliphatic heterocycles. The second-order valence-electron chi connectivity index (χ2n) is 14.4. The minimum absolute atomic E-state index is 0.0226. The van der Waals surface area contributed by atoms with Gasteiger partial charge in [-0.05, 0) is 30.4 Å². The normalized spacial score (nSPS) is 16.7. The number of aliphatic hydroxyl groups excluding tert-OH is 1. The van der Waals surface area contributed by atoms with Crippen LogP contribution >= 0.6 is 11.3 Å². The third-order valence-electron chi connectivity index (χ3n) is 8.75. The molecule has 1 saturated heterocycles.